The van der Waals surface area contributed by atoms with E-state index < -0.39 is 0 Å². The molecule has 2 aromatic carbocycles. The fourth-order valence-corrected chi connectivity index (χ4v) is 2.82. The average molecular weight is 402 g/mol. The molecule has 128 valence electrons. The molecule has 0 bridgehead atoms. The Morgan fingerprint density at radius 2 is 1.76 bits per heavy atom. The van der Waals surface area contributed by atoms with Gasteiger partial charge in [0.2, 0.25) is 5.91 Å². The second-order valence-electron chi connectivity index (χ2n) is 5.86. The molecule has 0 aliphatic rings. The molecule has 0 saturated heterocycles. The highest BCUT2D eigenvalue weighted by molar-refractivity contribution is 9.10. The second-order valence-corrected chi connectivity index (χ2v) is 6.71. The molecule has 25 heavy (non-hydrogen) atoms. The maximum absolute atomic E-state index is 12.9. The van der Waals surface area contributed by atoms with Crippen molar-refractivity contribution < 1.29 is 9.18 Å². The van der Waals surface area contributed by atoms with Crippen molar-refractivity contribution in [2.75, 3.05) is 5.32 Å². The van der Waals surface area contributed by atoms with Crippen molar-refractivity contribution >= 4 is 27.7 Å². The zero-order valence-corrected chi connectivity index (χ0v) is 15.3. The highest BCUT2D eigenvalue weighted by Gasteiger charge is 2.11. The molecule has 0 aliphatic heterocycles. The van der Waals surface area contributed by atoms with Gasteiger partial charge in [-0.2, -0.15) is 5.10 Å². The van der Waals surface area contributed by atoms with Crippen LogP contribution >= 0.6 is 15.9 Å². The number of aryl methyl sites for hydroxylation is 1. The van der Waals surface area contributed by atoms with Crippen LogP contribution in [0.5, 0.6) is 0 Å². The molecule has 0 aliphatic carbocycles. The lowest BCUT2D eigenvalue weighted by atomic mass is 10.1. The first kappa shape index (κ1) is 17.4. The largest absolute Gasteiger partial charge is 0.308 e. The summed E-state index contributed by atoms with van der Waals surface area (Å²) in [5.74, 6) is -0.0473. The zero-order valence-electron chi connectivity index (χ0n) is 13.7. The topological polar surface area (TPSA) is 46.9 Å². The lowest BCUT2D eigenvalue weighted by molar-refractivity contribution is -0.115. The number of rotatable bonds is 5. The van der Waals surface area contributed by atoms with Crippen LogP contribution in [0.3, 0.4) is 0 Å². The van der Waals surface area contributed by atoms with Gasteiger partial charge in [-0.3, -0.25) is 9.48 Å². The zero-order chi connectivity index (χ0) is 17.8. The monoisotopic (exact) mass is 401 g/mol. The van der Waals surface area contributed by atoms with Crippen LogP contribution in [0.1, 0.15) is 16.7 Å². The fourth-order valence-electron chi connectivity index (χ4n) is 2.41. The highest BCUT2D eigenvalue weighted by Crippen LogP contribution is 2.21. The minimum Gasteiger partial charge on any atom is -0.308 e. The summed E-state index contributed by atoms with van der Waals surface area (Å²) in [6.45, 7) is 2.66. The molecule has 1 N–H and O–H groups in total. The van der Waals surface area contributed by atoms with Crippen LogP contribution in [-0.4, -0.2) is 15.7 Å². The van der Waals surface area contributed by atoms with E-state index in [0.29, 0.717) is 16.8 Å². The maximum atomic E-state index is 12.9. The lowest BCUT2D eigenvalue weighted by Gasteiger charge is -2.04. The van der Waals surface area contributed by atoms with Gasteiger partial charge >= 0.3 is 0 Å². The van der Waals surface area contributed by atoms with Gasteiger partial charge in [-0.25, -0.2) is 4.39 Å². The summed E-state index contributed by atoms with van der Waals surface area (Å²) in [5, 5.41) is 7.18. The minimum atomic E-state index is -0.318. The first-order valence-electron chi connectivity index (χ1n) is 7.82. The molecule has 6 heteroatoms. The van der Waals surface area contributed by atoms with Crippen molar-refractivity contribution in [2.24, 2.45) is 0 Å². The van der Waals surface area contributed by atoms with Gasteiger partial charge < -0.3 is 5.32 Å². The lowest BCUT2D eigenvalue weighted by Crippen LogP contribution is -2.15. The molecule has 0 saturated carbocycles. The molecule has 4 nitrogen and oxygen atoms in total. The van der Waals surface area contributed by atoms with E-state index >= 15 is 0 Å². The van der Waals surface area contributed by atoms with E-state index in [-0.39, 0.29) is 18.1 Å². The molecular formula is C19H17BrFN3O. The van der Waals surface area contributed by atoms with Crippen molar-refractivity contribution in [1.29, 1.82) is 0 Å². The Morgan fingerprint density at radius 3 is 2.44 bits per heavy atom. The number of halogens is 2. The number of aromatic nitrogens is 2. The standard InChI is InChI=1S/C19H17BrFN3O/c1-13-2-4-15(5-3-13)11-24-12-17(20)19(23-24)22-18(25)10-14-6-8-16(21)9-7-14/h2-9,12H,10-11H2,1H3,(H,22,23,25). The third-order valence-electron chi connectivity index (χ3n) is 3.72. The fraction of sp³-hybridized carbons (Fsp3) is 0.158. The molecular weight excluding hydrogens is 385 g/mol. The minimum absolute atomic E-state index is 0.164. The van der Waals surface area contributed by atoms with Crippen molar-refractivity contribution in [3.8, 4) is 0 Å². The number of hydrogen-bond acceptors (Lipinski definition) is 2. The number of amides is 1. The number of benzene rings is 2. The van der Waals surface area contributed by atoms with E-state index in [1.165, 1.54) is 17.7 Å². The molecule has 3 rings (SSSR count). The van der Waals surface area contributed by atoms with Gasteiger partial charge in [0, 0.05) is 6.20 Å². The molecule has 0 atom stereocenters. The van der Waals surface area contributed by atoms with Crippen molar-refractivity contribution in [2.45, 2.75) is 19.9 Å². The van der Waals surface area contributed by atoms with Gasteiger partial charge in [-0.1, -0.05) is 42.0 Å². The summed E-state index contributed by atoms with van der Waals surface area (Å²) in [7, 11) is 0. The molecule has 0 unspecified atom stereocenters. The van der Waals surface area contributed by atoms with Crippen LogP contribution in [-0.2, 0) is 17.8 Å². The maximum Gasteiger partial charge on any atom is 0.230 e. The Hall–Kier alpha value is -2.47. The second kappa shape index (κ2) is 7.61. The normalized spacial score (nSPS) is 10.7. The first-order valence-corrected chi connectivity index (χ1v) is 8.62. The van der Waals surface area contributed by atoms with E-state index in [0.717, 1.165) is 11.1 Å². The summed E-state index contributed by atoms with van der Waals surface area (Å²) in [6.07, 6.45) is 1.99. The Bertz CT molecular complexity index is 873. The predicted molar refractivity (Wildman–Crippen MR) is 98.9 cm³/mol. The van der Waals surface area contributed by atoms with Gasteiger partial charge in [0.05, 0.1) is 17.4 Å². The predicted octanol–water partition coefficient (Wildman–Crippen LogP) is 4.32. The smallest absolute Gasteiger partial charge is 0.230 e. The number of hydrogen-bond donors (Lipinski definition) is 1. The summed E-state index contributed by atoms with van der Waals surface area (Å²) in [6, 6.07) is 14.1. The van der Waals surface area contributed by atoms with Gasteiger partial charge in [-0.05, 0) is 46.1 Å². The molecule has 0 spiro atoms. The number of anilines is 1. The van der Waals surface area contributed by atoms with E-state index in [2.05, 4.69) is 50.6 Å². The SMILES string of the molecule is Cc1ccc(Cn2cc(Br)c(NC(=O)Cc3ccc(F)cc3)n2)cc1. The Morgan fingerprint density at radius 1 is 1.12 bits per heavy atom. The number of nitrogens with zero attached hydrogens (tertiary/aromatic N) is 2. The van der Waals surface area contributed by atoms with Gasteiger partial charge in [0.15, 0.2) is 5.82 Å². The number of nitrogens with one attached hydrogen (secondary N) is 1. The van der Waals surface area contributed by atoms with Crippen LogP contribution in [0.2, 0.25) is 0 Å². The average Bonchev–Trinajstić information content (AvgIpc) is 2.91. The summed E-state index contributed by atoms with van der Waals surface area (Å²) in [5.41, 5.74) is 3.08. The van der Waals surface area contributed by atoms with Crippen molar-refractivity contribution in [3.05, 3.63) is 81.7 Å². The van der Waals surface area contributed by atoms with Crippen molar-refractivity contribution in [1.82, 2.24) is 9.78 Å². The number of carbonyl (C=O) groups excluding carboxylic acids is 1. The summed E-state index contributed by atoms with van der Waals surface area (Å²) < 4.78 is 15.4. The molecule has 0 radical (unpaired) electrons. The van der Waals surface area contributed by atoms with Crippen LogP contribution in [0.4, 0.5) is 10.2 Å². The summed E-state index contributed by atoms with van der Waals surface area (Å²) >= 11 is 3.42. The highest BCUT2D eigenvalue weighted by atomic mass is 79.9. The Labute approximate surface area is 153 Å². The Balaban J connectivity index is 1.64. The van der Waals surface area contributed by atoms with Crippen molar-refractivity contribution in [3.63, 3.8) is 0 Å². The van der Waals surface area contributed by atoms with Gasteiger partial charge in [0.25, 0.3) is 0 Å². The number of carbonyl (C=O) groups is 1. The van der Waals surface area contributed by atoms with Crippen LogP contribution < -0.4 is 5.32 Å². The molecule has 3 aromatic rings. The third-order valence-corrected chi connectivity index (χ3v) is 4.30. The van der Waals surface area contributed by atoms with Crippen LogP contribution in [0.25, 0.3) is 0 Å². The van der Waals surface area contributed by atoms with E-state index in [1.807, 2.05) is 13.1 Å². The van der Waals surface area contributed by atoms with E-state index in [9.17, 15) is 9.18 Å². The first-order chi connectivity index (χ1) is 12.0. The van der Waals surface area contributed by atoms with E-state index in [4.69, 9.17) is 0 Å². The molecule has 1 amide bonds. The third kappa shape index (κ3) is 4.76. The molecule has 1 aromatic heterocycles. The summed E-state index contributed by atoms with van der Waals surface area (Å²) in [4.78, 5) is 12.1. The van der Waals surface area contributed by atoms with Crippen LogP contribution in [0, 0.1) is 12.7 Å². The van der Waals surface area contributed by atoms with Gasteiger partial charge in [-0.15, -0.1) is 0 Å². The quantitative estimate of drug-likeness (QED) is 0.691. The molecule has 1 heterocycles. The van der Waals surface area contributed by atoms with Crippen LogP contribution in [0.15, 0.2) is 59.2 Å². The van der Waals surface area contributed by atoms with Gasteiger partial charge in [0.1, 0.15) is 5.82 Å². The Kier molecular flexibility index (Phi) is 5.28. The molecule has 0 fully saturated rings. The van der Waals surface area contributed by atoms with E-state index in [1.54, 1.807) is 16.8 Å².